The molecule has 0 saturated carbocycles. The van der Waals surface area contributed by atoms with Crippen LogP contribution >= 0.6 is 0 Å². The second-order valence-corrected chi connectivity index (χ2v) is 21.3. The van der Waals surface area contributed by atoms with Crippen LogP contribution in [-0.2, 0) is 0 Å². The number of nitrogens with zero attached hydrogens (tertiary/aromatic N) is 8. The number of fused-ring (bicyclic) bond motifs is 12. The predicted octanol–water partition coefficient (Wildman–Crippen LogP) is 18.6. The van der Waals surface area contributed by atoms with Crippen LogP contribution in [0.3, 0.4) is 0 Å². The number of para-hydroxylation sites is 8. The highest BCUT2D eigenvalue weighted by molar-refractivity contribution is 6.18. The highest BCUT2D eigenvalue weighted by Gasteiger charge is 2.37. The lowest BCUT2D eigenvalue weighted by Gasteiger charge is -2.30. The lowest BCUT2D eigenvalue weighted by Crippen LogP contribution is -2.17. The molecular weight excluding hydrogens is 1010 g/mol. The average Bonchev–Trinajstić information content (AvgIpc) is 2.32. The third-order valence-corrected chi connectivity index (χ3v) is 16.7. The highest BCUT2D eigenvalue weighted by Crippen LogP contribution is 2.54. The lowest BCUT2D eigenvalue weighted by atomic mass is 9.93. The molecule has 0 fully saturated rings. The van der Waals surface area contributed by atoms with Gasteiger partial charge in [-0.1, -0.05) is 212 Å². The van der Waals surface area contributed by atoms with Gasteiger partial charge in [0.25, 0.3) is 0 Å². The molecule has 0 amide bonds. The van der Waals surface area contributed by atoms with Crippen LogP contribution in [0.25, 0.3) is 155 Å². The Morgan fingerprint density at radius 2 is 0.482 bits per heavy atom. The van der Waals surface area contributed by atoms with Crippen molar-refractivity contribution in [1.29, 1.82) is 0 Å². The van der Waals surface area contributed by atoms with Crippen molar-refractivity contribution in [1.82, 2.24) is 38.2 Å². The molecule has 0 spiro atoms. The summed E-state index contributed by atoms with van der Waals surface area (Å²) in [6, 6.07) is 97.8. The van der Waals surface area contributed by atoms with E-state index in [-0.39, 0.29) is 0 Å². The number of pyridine rings is 1. The number of hydrogen-bond acceptors (Lipinski definition) is 4. The van der Waals surface area contributed by atoms with Crippen LogP contribution in [0.2, 0.25) is 0 Å². The van der Waals surface area contributed by atoms with Crippen molar-refractivity contribution in [3.05, 3.63) is 279 Å². The Kier molecular flexibility index (Phi) is 10.4. The zero-order valence-electron chi connectivity index (χ0n) is 45.1. The summed E-state index contributed by atoms with van der Waals surface area (Å²) in [5.41, 5.74) is 17.0. The van der Waals surface area contributed by atoms with E-state index >= 15 is 0 Å². The monoisotopic (exact) mass is 1060 g/mol. The number of aryl methyl sites for hydroxylation is 1. The molecule has 0 aliphatic rings. The van der Waals surface area contributed by atoms with Gasteiger partial charge in [-0.25, -0.2) is 15.0 Å². The number of hydrogen-bond donors (Lipinski definition) is 0. The van der Waals surface area contributed by atoms with Crippen molar-refractivity contribution < 1.29 is 0 Å². The van der Waals surface area contributed by atoms with Gasteiger partial charge in [-0.15, -0.1) is 0 Å². The first-order chi connectivity index (χ1) is 41.2. The van der Waals surface area contributed by atoms with E-state index in [4.69, 9.17) is 19.9 Å². The van der Waals surface area contributed by atoms with E-state index in [1.807, 2.05) is 36.4 Å². The average molecular weight is 1060 g/mol. The second kappa shape index (κ2) is 18.4. The maximum atomic E-state index is 5.84. The Morgan fingerprint density at radius 3 is 0.795 bits per heavy atom. The van der Waals surface area contributed by atoms with Crippen LogP contribution in [-0.4, -0.2) is 38.2 Å². The predicted molar refractivity (Wildman–Crippen MR) is 341 cm³/mol. The minimum absolute atomic E-state index is 0.491. The largest absolute Gasteiger partial charge is 0.306 e. The summed E-state index contributed by atoms with van der Waals surface area (Å²) in [7, 11) is 0. The van der Waals surface area contributed by atoms with Gasteiger partial charge in [0.1, 0.15) is 0 Å². The Balaban J connectivity index is 1.26. The topological polar surface area (TPSA) is 71.3 Å². The van der Waals surface area contributed by atoms with E-state index in [1.165, 1.54) is 0 Å². The molecule has 0 unspecified atom stereocenters. The molecule has 0 aliphatic heterocycles. The van der Waals surface area contributed by atoms with Gasteiger partial charge < -0.3 is 18.3 Å². The van der Waals surface area contributed by atoms with E-state index < -0.39 is 0 Å². The molecule has 17 rings (SSSR count). The van der Waals surface area contributed by atoms with Crippen molar-refractivity contribution in [2.45, 2.75) is 6.92 Å². The van der Waals surface area contributed by atoms with Gasteiger partial charge in [-0.2, -0.15) is 0 Å². The zero-order valence-corrected chi connectivity index (χ0v) is 45.1. The first-order valence-electron chi connectivity index (χ1n) is 28.2. The van der Waals surface area contributed by atoms with Crippen molar-refractivity contribution in [2.24, 2.45) is 0 Å². The summed E-state index contributed by atoms with van der Waals surface area (Å²) in [5.74, 6) is 1.59. The van der Waals surface area contributed by atoms with Crippen LogP contribution in [0, 0.1) is 6.92 Å². The molecule has 17 aromatic rings. The van der Waals surface area contributed by atoms with Crippen molar-refractivity contribution in [2.75, 3.05) is 0 Å². The van der Waals surface area contributed by atoms with Gasteiger partial charge in [0.05, 0.1) is 78.1 Å². The van der Waals surface area contributed by atoms with Gasteiger partial charge in [0, 0.05) is 65.5 Å². The molecule has 6 aromatic heterocycles. The van der Waals surface area contributed by atoms with Crippen molar-refractivity contribution in [3.63, 3.8) is 0 Å². The molecule has 0 aliphatic carbocycles. The molecule has 0 atom stereocenters. The molecule has 0 radical (unpaired) electrons. The summed E-state index contributed by atoms with van der Waals surface area (Å²) in [6.07, 6.45) is 0. The van der Waals surface area contributed by atoms with Gasteiger partial charge in [-0.05, 0) is 67.6 Å². The van der Waals surface area contributed by atoms with E-state index in [0.717, 1.165) is 144 Å². The van der Waals surface area contributed by atoms with Gasteiger partial charge in [0.2, 0.25) is 0 Å². The molecule has 11 aromatic carbocycles. The Labute approximate surface area is 476 Å². The quantitative estimate of drug-likeness (QED) is 0.152. The molecule has 0 saturated heterocycles. The minimum atomic E-state index is 0.491. The van der Waals surface area contributed by atoms with E-state index in [9.17, 15) is 0 Å². The van der Waals surface area contributed by atoms with E-state index in [2.05, 4.69) is 262 Å². The molecule has 0 N–H and O–H groups in total. The Hall–Kier alpha value is -11.2. The van der Waals surface area contributed by atoms with Crippen LogP contribution in [0.1, 0.15) is 5.69 Å². The van der Waals surface area contributed by atoms with Crippen molar-refractivity contribution >= 4 is 87.2 Å². The van der Waals surface area contributed by atoms with Crippen molar-refractivity contribution in [3.8, 4) is 68.2 Å². The van der Waals surface area contributed by atoms with Crippen LogP contribution in [0.5, 0.6) is 0 Å². The maximum absolute atomic E-state index is 5.84. The molecular formula is C75H48N8. The third kappa shape index (κ3) is 7.00. The van der Waals surface area contributed by atoms with Gasteiger partial charge >= 0.3 is 0 Å². The van der Waals surface area contributed by atoms with E-state index in [1.54, 1.807) is 0 Å². The normalized spacial score (nSPS) is 11.9. The van der Waals surface area contributed by atoms with Crippen LogP contribution in [0.4, 0.5) is 0 Å². The molecule has 388 valence electrons. The lowest BCUT2D eigenvalue weighted by molar-refractivity contribution is 1.01. The second-order valence-electron chi connectivity index (χ2n) is 21.3. The first kappa shape index (κ1) is 46.7. The summed E-state index contributed by atoms with van der Waals surface area (Å²) in [5, 5.41) is 9.03. The fourth-order valence-corrected chi connectivity index (χ4v) is 13.3. The van der Waals surface area contributed by atoms with E-state index in [0.29, 0.717) is 17.5 Å². The summed E-state index contributed by atoms with van der Waals surface area (Å²) in [4.78, 5) is 22.8. The number of benzene rings is 11. The van der Waals surface area contributed by atoms with Gasteiger partial charge in [0.15, 0.2) is 17.5 Å². The van der Waals surface area contributed by atoms with Crippen LogP contribution in [0.15, 0.2) is 273 Å². The standard InChI is InChI=1S/C75H48N8/c1-47-25-24-38-58(76-47)67-68(75-78-73(48-26-4-2-5-27-48)77-74(79-75)49-28-6-3-7-29-49)70(81-61-41-18-10-32-52(61)53-33-11-19-42-62(53)81)72(83-65-45-22-14-36-56(65)57-37-15-23-46-66(57)83)71(82-63-43-20-12-34-54(63)55-35-13-21-44-64(55)82)69(67)80-59-39-16-8-30-50(59)51-31-9-17-40-60(51)80/h2-46H,1H3. The summed E-state index contributed by atoms with van der Waals surface area (Å²) >= 11 is 0. The first-order valence-corrected chi connectivity index (χ1v) is 28.2. The third-order valence-electron chi connectivity index (χ3n) is 16.7. The molecule has 6 heterocycles. The van der Waals surface area contributed by atoms with Gasteiger partial charge in [-0.3, -0.25) is 4.98 Å². The molecule has 0 bridgehead atoms. The maximum Gasteiger partial charge on any atom is 0.167 e. The number of rotatable bonds is 8. The Morgan fingerprint density at radius 1 is 0.217 bits per heavy atom. The molecule has 8 nitrogen and oxygen atoms in total. The Bertz CT molecular complexity index is 5200. The molecule has 8 heteroatoms. The zero-order chi connectivity index (χ0) is 54.7. The summed E-state index contributed by atoms with van der Waals surface area (Å²) < 4.78 is 10.1. The minimum Gasteiger partial charge on any atom is -0.306 e. The molecule has 83 heavy (non-hydrogen) atoms. The SMILES string of the molecule is Cc1cccc(-c2c(-c3nc(-c4ccccc4)nc(-c4ccccc4)n3)c(-n3c4ccccc4c4ccccc43)c(-n3c4ccccc4c4ccccc43)c(-n3c4ccccc4c4ccccc43)c2-n2c3ccccc3c3ccccc32)n1. The fraction of sp³-hybridized carbons (Fsp3) is 0.0133. The van der Waals surface area contributed by atoms with Crippen LogP contribution < -0.4 is 0 Å². The highest BCUT2D eigenvalue weighted by atomic mass is 15.2. The number of aromatic nitrogens is 8. The fourth-order valence-electron chi connectivity index (χ4n) is 13.3. The smallest absolute Gasteiger partial charge is 0.167 e. The summed E-state index contributed by atoms with van der Waals surface area (Å²) in [6.45, 7) is 2.08.